The van der Waals surface area contributed by atoms with Crippen LogP contribution in [-0.4, -0.2) is 38.1 Å². The van der Waals surface area contributed by atoms with Crippen molar-refractivity contribution in [1.29, 1.82) is 0 Å². The topological polar surface area (TPSA) is 63.9 Å². The minimum Gasteiger partial charge on any atom is -0.497 e. The third kappa shape index (κ3) is 6.11. The van der Waals surface area contributed by atoms with Crippen LogP contribution in [0.3, 0.4) is 0 Å². The Morgan fingerprint density at radius 1 is 1.18 bits per heavy atom. The van der Waals surface area contributed by atoms with Gasteiger partial charge in [0, 0.05) is 25.3 Å². The Kier molecular flexibility index (Phi) is 7.51. The Morgan fingerprint density at radius 3 is 2.71 bits per heavy atom. The fourth-order valence-corrected chi connectivity index (χ4v) is 3.64. The summed E-state index contributed by atoms with van der Waals surface area (Å²) in [4.78, 5) is 14.6. The summed E-state index contributed by atoms with van der Waals surface area (Å²) in [6.07, 6.45) is 3.74. The van der Waals surface area contributed by atoms with Crippen molar-refractivity contribution in [2.45, 2.75) is 38.8 Å². The van der Waals surface area contributed by atoms with Crippen molar-refractivity contribution in [2.24, 2.45) is 5.92 Å². The first-order chi connectivity index (χ1) is 13.7. The molecule has 0 radical (unpaired) electrons. The van der Waals surface area contributed by atoms with Gasteiger partial charge in [-0.05, 0) is 62.5 Å². The molecule has 1 amide bonds. The second kappa shape index (κ2) is 10.3. The SMILES string of the molecule is COCc1ccc(CN2CCC(CCC(=O)Nc3cccc(OC)c3)CC2)o1. The Bertz CT molecular complexity index is 750. The smallest absolute Gasteiger partial charge is 0.224 e. The molecule has 1 aromatic carbocycles. The van der Waals surface area contributed by atoms with E-state index in [0.29, 0.717) is 18.9 Å². The number of ether oxygens (including phenoxy) is 2. The summed E-state index contributed by atoms with van der Waals surface area (Å²) in [5.74, 6) is 3.28. The zero-order chi connectivity index (χ0) is 19.8. The Hall–Kier alpha value is -2.31. The molecule has 1 saturated heterocycles. The predicted octanol–water partition coefficient (Wildman–Crippen LogP) is 4.07. The highest BCUT2D eigenvalue weighted by Crippen LogP contribution is 2.24. The Labute approximate surface area is 166 Å². The molecule has 0 spiro atoms. The maximum Gasteiger partial charge on any atom is 0.224 e. The van der Waals surface area contributed by atoms with Crippen LogP contribution in [0.15, 0.2) is 40.8 Å². The zero-order valence-corrected chi connectivity index (χ0v) is 16.8. The molecule has 1 aromatic heterocycles. The lowest BCUT2D eigenvalue weighted by Gasteiger charge is -2.31. The molecule has 0 aliphatic carbocycles. The van der Waals surface area contributed by atoms with Crippen LogP contribution < -0.4 is 10.1 Å². The Morgan fingerprint density at radius 2 is 1.96 bits per heavy atom. The summed E-state index contributed by atoms with van der Waals surface area (Å²) in [6.45, 7) is 3.44. The van der Waals surface area contributed by atoms with Gasteiger partial charge in [-0.15, -0.1) is 0 Å². The third-order valence-corrected chi connectivity index (χ3v) is 5.22. The van der Waals surface area contributed by atoms with E-state index in [0.717, 1.165) is 61.9 Å². The van der Waals surface area contributed by atoms with Gasteiger partial charge in [0.25, 0.3) is 0 Å². The lowest BCUT2D eigenvalue weighted by molar-refractivity contribution is -0.116. The van der Waals surface area contributed by atoms with E-state index in [1.165, 1.54) is 0 Å². The van der Waals surface area contributed by atoms with Gasteiger partial charge >= 0.3 is 0 Å². The van der Waals surface area contributed by atoms with E-state index >= 15 is 0 Å². The molecule has 6 nitrogen and oxygen atoms in total. The largest absolute Gasteiger partial charge is 0.497 e. The van der Waals surface area contributed by atoms with Crippen LogP contribution in [0.25, 0.3) is 0 Å². The summed E-state index contributed by atoms with van der Waals surface area (Å²) < 4.78 is 16.1. The normalized spacial score (nSPS) is 15.5. The van der Waals surface area contributed by atoms with E-state index in [2.05, 4.69) is 10.2 Å². The fraction of sp³-hybridized carbons (Fsp3) is 0.500. The molecule has 1 N–H and O–H groups in total. The maximum atomic E-state index is 12.2. The molecule has 0 unspecified atom stereocenters. The summed E-state index contributed by atoms with van der Waals surface area (Å²) in [6, 6.07) is 11.5. The van der Waals surface area contributed by atoms with Gasteiger partial charge in [0.2, 0.25) is 5.91 Å². The van der Waals surface area contributed by atoms with Crippen molar-refractivity contribution < 1.29 is 18.7 Å². The molecule has 1 aliphatic rings. The number of rotatable bonds is 9. The van der Waals surface area contributed by atoms with Crippen LogP contribution in [0, 0.1) is 5.92 Å². The highest BCUT2D eigenvalue weighted by atomic mass is 16.5. The minimum absolute atomic E-state index is 0.0666. The second-order valence-electron chi connectivity index (χ2n) is 7.34. The number of benzene rings is 1. The van der Waals surface area contributed by atoms with Crippen molar-refractivity contribution in [2.75, 3.05) is 32.6 Å². The van der Waals surface area contributed by atoms with Crippen LogP contribution in [0.2, 0.25) is 0 Å². The van der Waals surface area contributed by atoms with Crippen LogP contribution in [0.4, 0.5) is 5.69 Å². The number of nitrogens with zero attached hydrogens (tertiary/aromatic N) is 1. The molecule has 152 valence electrons. The van der Waals surface area contributed by atoms with Crippen molar-refractivity contribution in [3.63, 3.8) is 0 Å². The monoisotopic (exact) mass is 386 g/mol. The molecule has 28 heavy (non-hydrogen) atoms. The van der Waals surface area contributed by atoms with Gasteiger partial charge in [0.05, 0.1) is 13.7 Å². The number of nitrogens with one attached hydrogen (secondary N) is 1. The molecule has 3 rings (SSSR count). The standard InChI is InChI=1S/C22H30N2O4/c1-26-16-21-8-7-20(28-21)15-24-12-10-17(11-13-24)6-9-22(25)23-18-4-3-5-19(14-18)27-2/h3-5,7-8,14,17H,6,9-13,15-16H2,1-2H3,(H,23,25). The molecule has 1 aliphatic heterocycles. The van der Waals surface area contributed by atoms with Crippen LogP contribution in [-0.2, 0) is 22.7 Å². The molecule has 0 atom stereocenters. The van der Waals surface area contributed by atoms with Gasteiger partial charge < -0.3 is 19.2 Å². The first kappa shape index (κ1) is 20.4. The number of anilines is 1. The van der Waals surface area contributed by atoms with Crippen molar-refractivity contribution in [3.05, 3.63) is 47.9 Å². The molecule has 2 heterocycles. The van der Waals surface area contributed by atoms with Crippen molar-refractivity contribution >= 4 is 11.6 Å². The first-order valence-corrected chi connectivity index (χ1v) is 9.89. The lowest BCUT2D eigenvalue weighted by Crippen LogP contribution is -2.33. The fourth-order valence-electron chi connectivity index (χ4n) is 3.64. The second-order valence-corrected chi connectivity index (χ2v) is 7.34. The molecule has 0 bridgehead atoms. The highest BCUT2D eigenvalue weighted by Gasteiger charge is 2.21. The number of methoxy groups -OCH3 is 2. The van der Waals surface area contributed by atoms with E-state index in [-0.39, 0.29) is 5.91 Å². The van der Waals surface area contributed by atoms with Crippen molar-refractivity contribution in [1.82, 2.24) is 4.90 Å². The molecule has 0 saturated carbocycles. The number of carbonyl (C=O) groups excluding carboxylic acids is 1. The van der Waals surface area contributed by atoms with E-state index in [4.69, 9.17) is 13.9 Å². The maximum absolute atomic E-state index is 12.2. The number of amides is 1. The highest BCUT2D eigenvalue weighted by molar-refractivity contribution is 5.90. The van der Waals surface area contributed by atoms with Crippen molar-refractivity contribution in [3.8, 4) is 5.75 Å². The van der Waals surface area contributed by atoms with Crippen LogP contribution >= 0.6 is 0 Å². The predicted molar refractivity (Wildman–Crippen MR) is 108 cm³/mol. The van der Waals surface area contributed by atoms with Gasteiger partial charge in [-0.3, -0.25) is 9.69 Å². The van der Waals surface area contributed by atoms with E-state index in [9.17, 15) is 4.79 Å². The van der Waals surface area contributed by atoms with Crippen LogP contribution in [0.5, 0.6) is 5.75 Å². The molecule has 2 aromatic rings. The van der Waals surface area contributed by atoms with Gasteiger partial charge in [0.1, 0.15) is 23.9 Å². The van der Waals surface area contributed by atoms with Gasteiger partial charge in [-0.1, -0.05) is 6.07 Å². The number of likely N-dealkylation sites (tertiary alicyclic amines) is 1. The first-order valence-electron chi connectivity index (χ1n) is 9.89. The number of furan rings is 1. The summed E-state index contributed by atoms with van der Waals surface area (Å²) in [5.41, 5.74) is 0.783. The number of piperidine rings is 1. The number of hydrogen-bond donors (Lipinski definition) is 1. The summed E-state index contributed by atoms with van der Waals surface area (Å²) in [5, 5.41) is 2.96. The average molecular weight is 386 g/mol. The zero-order valence-electron chi connectivity index (χ0n) is 16.8. The quantitative estimate of drug-likeness (QED) is 0.704. The van der Waals surface area contributed by atoms with Crippen LogP contribution in [0.1, 0.15) is 37.2 Å². The summed E-state index contributed by atoms with van der Waals surface area (Å²) in [7, 11) is 3.29. The third-order valence-electron chi connectivity index (χ3n) is 5.22. The number of hydrogen-bond acceptors (Lipinski definition) is 5. The average Bonchev–Trinajstić information content (AvgIpc) is 3.15. The van der Waals surface area contributed by atoms with Gasteiger partial charge in [-0.2, -0.15) is 0 Å². The Balaban J connectivity index is 1.36. The lowest BCUT2D eigenvalue weighted by atomic mass is 9.92. The number of carbonyl (C=O) groups is 1. The molecular weight excluding hydrogens is 356 g/mol. The van der Waals surface area contributed by atoms with Gasteiger partial charge in [-0.25, -0.2) is 0 Å². The molecular formula is C22H30N2O4. The van der Waals surface area contributed by atoms with Gasteiger partial charge in [0.15, 0.2) is 0 Å². The van der Waals surface area contributed by atoms with E-state index in [1.54, 1.807) is 14.2 Å². The minimum atomic E-state index is 0.0666. The molecule has 1 fully saturated rings. The molecule has 6 heteroatoms. The summed E-state index contributed by atoms with van der Waals surface area (Å²) >= 11 is 0. The van der Waals surface area contributed by atoms with E-state index < -0.39 is 0 Å². The van der Waals surface area contributed by atoms with E-state index in [1.807, 2.05) is 36.4 Å².